The number of benzene rings is 1. The van der Waals surface area contributed by atoms with Crippen LogP contribution in [0.15, 0.2) is 12.1 Å². The van der Waals surface area contributed by atoms with E-state index < -0.39 is 6.17 Å². The van der Waals surface area contributed by atoms with Gasteiger partial charge in [-0.3, -0.25) is 0 Å². The van der Waals surface area contributed by atoms with Gasteiger partial charge in [-0.25, -0.2) is 9.18 Å². The Bertz CT molecular complexity index is 740. The molecule has 0 aliphatic carbocycles. The normalized spacial score (nSPS) is 25.7. The van der Waals surface area contributed by atoms with Crippen LogP contribution in [0.25, 0.3) is 0 Å². The van der Waals surface area contributed by atoms with Crippen molar-refractivity contribution in [2.75, 3.05) is 39.4 Å². The number of amides is 2. The summed E-state index contributed by atoms with van der Waals surface area (Å²) >= 11 is 0. The molecular formula is C22H32FN3O2. The lowest BCUT2D eigenvalue weighted by Crippen LogP contribution is -2.45. The monoisotopic (exact) mass is 389 g/mol. The van der Waals surface area contributed by atoms with Crippen LogP contribution in [0.4, 0.5) is 9.18 Å². The molecule has 2 amide bonds. The Balaban J connectivity index is 1.64. The minimum Gasteiger partial charge on any atom is -0.378 e. The van der Waals surface area contributed by atoms with Crippen molar-refractivity contribution in [3.05, 3.63) is 34.4 Å². The van der Waals surface area contributed by atoms with E-state index >= 15 is 0 Å². The van der Waals surface area contributed by atoms with Gasteiger partial charge in [0, 0.05) is 26.2 Å². The Morgan fingerprint density at radius 2 is 2.07 bits per heavy atom. The first-order chi connectivity index (χ1) is 13.3. The number of fused-ring (bicyclic) bond motifs is 1. The van der Waals surface area contributed by atoms with Crippen molar-refractivity contribution < 1.29 is 13.9 Å². The fourth-order valence-electron chi connectivity index (χ4n) is 4.46. The molecule has 1 aromatic carbocycles. The number of nitrogens with zero attached hydrogens (tertiary/aromatic N) is 2. The standard InChI is InChI=1S/C22H32FN3O2/c1-22(2,3)16-10-15-4-7-26(21(27)25-8-5-17(23)12-25)13-19(15)18(11-16)20-14-28-9-6-24-20/h10-11,17,20,24H,4-9,12-14H2,1-3H3/t17-,20+/m1/s1. The summed E-state index contributed by atoms with van der Waals surface area (Å²) in [7, 11) is 0. The van der Waals surface area contributed by atoms with Gasteiger partial charge in [-0.2, -0.15) is 0 Å². The lowest BCUT2D eigenvalue weighted by Gasteiger charge is -2.36. The molecule has 2 saturated heterocycles. The zero-order chi connectivity index (χ0) is 19.9. The largest absolute Gasteiger partial charge is 0.378 e. The number of nitrogens with one attached hydrogen (secondary N) is 1. The predicted octanol–water partition coefficient (Wildman–Crippen LogP) is 3.17. The average molecular weight is 390 g/mol. The second-order valence-electron chi connectivity index (χ2n) is 9.32. The first-order valence-corrected chi connectivity index (χ1v) is 10.5. The van der Waals surface area contributed by atoms with Crippen molar-refractivity contribution in [3.8, 4) is 0 Å². The summed E-state index contributed by atoms with van der Waals surface area (Å²) < 4.78 is 19.3. The summed E-state index contributed by atoms with van der Waals surface area (Å²) in [6.07, 6.45) is 0.424. The molecular weight excluding hydrogens is 357 g/mol. The van der Waals surface area contributed by atoms with Crippen LogP contribution in [0, 0.1) is 0 Å². The zero-order valence-electron chi connectivity index (χ0n) is 17.3. The molecule has 0 aromatic heterocycles. The van der Waals surface area contributed by atoms with Gasteiger partial charge in [-0.1, -0.05) is 32.9 Å². The van der Waals surface area contributed by atoms with Gasteiger partial charge in [0.2, 0.25) is 0 Å². The second-order valence-corrected chi connectivity index (χ2v) is 9.32. The Hall–Kier alpha value is -1.66. The highest BCUT2D eigenvalue weighted by atomic mass is 19.1. The number of likely N-dealkylation sites (tertiary alicyclic amines) is 1. The number of hydrogen-bond donors (Lipinski definition) is 1. The molecule has 6 heteroatoms. The summed E-state index contributed by atoms with van der Waals surface area (Å²) in [6.45, 7) is 11.0. The topological polar surface area (TPSA) is 44.8 Å². The molecule has 1 N–H and O–H groups in total. The smallest absolute Gasteiger partial charge is 0.320 e. The van der Waals surface area contributed by atoms with Crippen molar-refractivity contribution in [2.45, 2.75) is 57.8 Å². The van der Waals surface area contributed by atoms with Crippen molar-refractivity contribution in [1.82, 2.24) is 15.1 Å². The lowest BCUT2D eigenvalue weighted by atomic mass is 9.80. The fraction of sp³-hybridized carbons (Fsp3) is 0.682. The minimum absolute atomic E-state index is 0.0236. The van der Waals surface area contributed by atoms with Crippen LogP contribution >= 0.6 is 0 Å². The third-order valence-electron chi connectivity index (χ3n) is 6.21. The maximum atomic E-state index is 13.6. The number of carbonyl (C=O) groups excluding carboxylic acids is 1. The molecule has 0 spiro atoms. The Kier molecular flexibility index (Phi) is 5.36. The third-order valence-corrected chi connectivity index (χ3v) is 6.21. The Morgan fingerprint density at radius 1 is 1.25 bits per heavy atom. The van der Waals surface area contributed by atoms with Gasteiger partial charge in [-0.05, 0) is 40.5 Å². The maximum absolute atomic E-state index is 13.6. The van der Waals surface area contributed by atoms with Gasteiger partial charge in [0.1, 0.15) is 6.17 Å². The van der Waals surface area contributed by atoms with Crippen LogP contribution in [0.2, 0.25) is 0 Å². The first-order valence-electron chi connectivity index (χ1n) is 10.5. The molecule has 5 nitrogen and oxygen atoms in total. The molecule has 4 rings (SSSR count). The summed E-state index contributed by atoms with van der Waals surface area (Å²) in [5.41, 5.74) is 5.23. The van der Waals surface area contributed by atoms with Gasteiger partial charge in [-0.15, -0.1) is 0 Å². The van der Waals surface area contributed by atoms with Crippen LogP contribution in [0.3, 0.4) is 0 Å². The van der Waals surface area contributed by atoms with Gasteiger partial charge >= 0.3 is 6.03 Å². The lowest BCUT2D eigenvalue weighted by molar-refractivity contribution is 0.0761. The molecule has 2 atom stereocenters. The van der Waals surface area contributed by atoms with Crippen LogP contribution in [-0.4, -0.2) is 61.4 Å². The SMILES string of the molecule is CC(C)(C)c1cc2c(c([C@@H]3COCCN3)c1)CN(C(=O)N1CC[C@@H](F)C1)CC2. The average Bonchev–Trinajstić information content (AvgIpc) is 3.12. The number of morpholine rings is 1. The molecule has 3 aliphatic heterocycles. The van der Waals surface area contributed by atoms with E-state index in [1.54, 1.807) is 4.90 Å². The van der Waals surface area contributed by atoms with E-state index in [-0.39, 0.29) is 24.0 Å². The van der Waals surface area contributed by atoms with Crippen molar-refractivity contribution >= 4 is 6.03 Å². The van der Waals surface area contributed by atoms with Crippen LogP contribution in [0.5, 0.6) is 0 Å². The molecule has 3 aliphatic rings. The van der Waals surface area contributed by atoms with E-state index in [9.17, 15) is 9.18 Å². The molecule has 1 aromatic rings. The van der Waals surface area contributed by atoms with Gasteiger partial charge in [0.25, 0.3) is 0 Å². The molecule has 0 radical (unpaired) electrons. The van der Waals surface area contributed by atoms with Gasteiger partial charge in [0.05, 0.1) is 25.8 Å². The van der Waals surface area contributed by atoms with Gasteiger partial charge < -0.3 is 19.9 Å². The number of ether oxygens (including phenoxy) is 1. The summed E-state index contributed by atoms with van der Waals surface area (Å²) in [5.74, 6) is 0. The van der Waals surface area contributed by atoms with Crippen molar-refractivity contribution in [1.29, 1.82) is 0 Å². The number of rotatable bonds is 1. The van der Waals surface area contributed by atoms with Crippen LogP contribution in [-0.2, 0) is 23.1 Å². The van der Waals surface area contributed by atoms with Gasteiger partial charge in [0.15, 0.2) is 0 Å². The van der Waals surface area contributed by atoms with E-state index in [2.05, 4.69) is 38.2 Å². The summed E-state index contributed by atoms with van der Waals surface area (Å²) in [6, 6.07) is 4.75. The molecule has 2 fully saturated rings. The highest BCUT2D eigenvalue weighted by Crippen LogP contribution is 2.34. The molecule has 28 heavy (non-hydrogen) atoms. The quantitative estimate of drug-likeness (QED) is 0.802. The number of carbonyl (C=O) groups is 1. The van der Waals surface area contributed by atoms with Crippen molar-refractivity contribution in [2.24, 2.45) is 0 Å². The summed E-state index contributed by atoms with van der Waals surface area (Å²) in [5, 5.41) is 3.58. The van der Waals surface area contributed by atoms with E-state index in [0.29, 0.717) is 32.7 Å². The molecule has 154 valence electrons. The fourth-order valence-corrected chi connectivity index (χ4v) is 4.46. The predicted molar refractivity (Wildman–Crippen MR) is 107 cm³/mol. The number of urea groups is 1. The number of hydrogen-bond acceptors (Lipinski definition) is 3. The number of alkyl halides is 1. The molecule has 3 heterocycles. The first kappa shape index (κ1) is 19.6. The Labute approximate surface area is 167 Å². The summed E-state index contributed by atoms with van der Waals surface area (Å²) in [4.78, 5) is 16.5. The van der Waals surface area contributed by atoms with E-state index in [0.717, 1.165) is 19.6 Å². The third kappa shape index (κ3) is 3.90. The zero-order valence-corrected chi connectivity index (χ0v) is 17.3. The highest BCUT2D eigenvalue weighted by molar-refractivity contribution is 5.75. The molecule has 0 saturated carbocycles. The Morgan fingerprint density at radius 3 is 2.71 bits per heavy atom. The van der Waals surface area contributed by atoms with Crippen molar-refractivity contribution in [3.63, 3.8) is 0 Å². The van der Waals surface area contributed by atoms with Crippen LogP contribution < -0.4 is 5.32 Å². The molecule has 0 unspecified atom stereocenters. The van der Waals surface area contributed by atoms with E-state index in [1.807, 2.05) is 4.90 Å². The van der Waals surface area contributed by atoms with E-state index in [4.69, 9.17) is 4.74 Å². The minimum atomic E-state index is -0.880. The second kappa shape index (κ2) is 7.64. The van der Waals surface area contributed by atoms with E-state index in [1.165, 1.54) is 22.3 Å². The number of halogens is 1. The van der Waals surface area contributed by atoms with Crippen LogP contribution in [0.1, 0.15) is 55.5 Å². The maximum Gasteiger partial charge on any atom is 0.320 e. The molecule has 0 bridgehead atoms. The highest BCUT2D eigenvalue weighted by Gasteiger charge is 2.33.